The highest BCUT2D eigenvalue weighted by molar-refractivity contribution is 5.62. The number of imidazole rings is 1. The minimum absolute atomic E-state index is 0.268. The van der Waals surface area contributed by atoms with Gasteiger partial charge in [0.2, 0.25) is 0 Å². The van der Waals surface area contributed by atoms with Crippen LogP contribution in [0.3, 0.4) is 0 Å². The zero-order valence-corrected chi connectivity index (χ0v) is 12.3. The second-order valence-corrected chi connectivity index (χ2v) is 5.95. The average Bonchev–Trinajstić information content (AvgIpc) is 2.91. The number of aromatic nitrogens is 2. The molecule has 0 N–H and O–H groups in total. The number of carbonyl (C=O) groups excluding carboxylic acids is 1. The third-order valence-electron chi connectivity index (χ3n) is 4.58. The molecule has 1 fully saturated rings. The molecular formula is C18H22N2O. The van der Waals surface area contributed by atoms with Gasteiger partial charge in [0.25, 0.3) is 0 Å². The number of rotatable bonds is 4. The number of hydrogen-bond donors (Lipinski definition) is 0. The van der Waals surface area contributed by atoms with Crippen LogP contribution in [-0.2, 0) is 4.79 Å². The topological polar surface area (TPSA) is 34.9 Å². The predicted octanol–water partition coefficient (Wildman–Crippen LogP) is 4.11. The van der Waals surface area contributed by atoms with Crippen molar-refractivity contribution < 1.29 is 4.79 Å². The van der Waals surface area contributed by atoms with Crippen LogP contribution in [0.25, 0.3) is 0 Å². The van der Waals surface area contributed by atoms with Crippen LogP contribution in [0.5, 0.6) is 0 Å². The van der Waals surface area contributed by atoms with Crippen molar-refractivity contribution in [3.63, 3.8) is 0 Å². The van der Waals surface area contributed by atoms with Crippen molar-refractivity contribution in [2.75, 3.05) is 0 Å². The van der Waals surface area contributed by atoms with E-state index in [-0.39, 0.29) is 6.04 Å². The second-order valence-electron chi connectivity index (χ2n) is 5.95. The van der Waals surface area contributed by atoms with E-state index in [1.165, 1.54) is 44.1 Å². The SMILES string of the molecule is O=CC(c1ccc(C2CCCCCC2)cc1)n1ccnc1. The Labute approximate surface area is 126 Å². The summed E-state index contributed by atoms with van der Waals surface area (Å²) in [6.07, 6.45) is 14.3. The zero-order chi connectivity index (χ0) is 14.5. The first-order chi connectivity index (χ1) is 10.4. The van der Waals surface area contributed by atoms with Crippen molar-refractivity contribution in [2.24, 2.45) is 0 Å². The van der Waals surface area contributed by atoms with Gasteiger partial charge in [0, 0.05) is 12.4 Å². The number of carbonyl (C=O) groups is 1. The third-order valence-corrected chi connectivity index (χ3v) is 4.58. The van der Waals surface area contributed by atoms with Crippen LogP contribution in [0.15, 0.2) is 43.0 Å². The number of aldehydes is 1. The van der Waals surface area contributed by atoms with E-state index in [9.17, 15) is 4.79 Å². The molecule has 1 saturated carbocycles. The van der Waals surface area contributed by atoms with Gasteiger partial charge in [-0.1, -0.05) is 49.9 Å². The molecule has 1 aliphatic carbocycles. The van der Waals surface area contributed by atoms with Crippen LogP contribution in [0.4, 0.5) is 0 Å². The molecule has 1 unspecified atom stereocenters. The van der Waals surface area contributed by atoms with Crippen LogP contribution < -0.4 is 0 Å². The van der Waals surface area contributed by atoms with Gasteiger partial charge >= 0.3 is 0 Å². The largest absolute Gasteiger partial charge is 0.323 e. The van der Waals surface area contributed by atoms with Crippen molar-refractivity contribution in [3.05, 3.63) is 54.1 Å². The summed E-state index contributed by atoms with van der Waals surface area (Å²) in [5.74, 6) is 0.699. The maximum atomic E-state index is 11.4. The van der Waals surface area contributed by atoms with Crippen LogP contribution in [-0.4, -0.2) is 15.8 Å². The monoisotopic (exact) mass is 282 g/mol. The lowest BCUT2D eigenvalue weighted by Gasteiger charge is -2.17. The van der Waals surface area contributed by atoms with E-state index < -0.39 is 0 Å². The molecular weight excluding hydrogens is 260 g/mol. The summed E-state index contributed by atoms with van der Waals surface area (Å²) in [6, 6.07) is 8.34. The molecule has 2 aromatic rings. The van der Waals surface area contributed by atoms with E-state index in [1.54, 1.807) is 12.5 Å². The maximum Gasteiger partial charge on any atom is 0.147 e. The number of nitrogens with zero attached hydrogens (tertiary/aromatic N) is 2. The Morgan fingerprint density at radius 1 is 1.10 bits per heavy atom. The molecule has 0 bridgehead atoms. The Hall–Kier alpha value is -1.90. The highest BCUT2D eigenvalue weighted by Crippen LogP contribution is 2.32. The molecule has 1 heterocycles. The van der Waals surface area contributed by atoms with E-state index >= 15 is 0 Å². The Balaban J connectivity index is 1.78. The fraction of sp³-hybridized carbons (Fsp3) is 0.444. The van der Waals surface area contributed by atoms with Gasteiger partial charge in [0.15, 0.2) is 0 Å². The predicted molar refractivity (Wildman–Crippen MR) is 83.3 cm³/mol. The maximum absolute atomic E-state index is 11.4. The molecule has 1 atom stereocenters. The Bertz CT molecular complexity index is 551. The summed E-state index contributed by atoms with van der Waals surface area (Å²) in [5.41, 5.74) is 2.45. The van der Waals surface area contributed by atoms with Gasteiger partial charge < -0.3 is 9.36 Å². The van der Waals surface area contributed by atoms with Gasteiger partial charge in [-0.3, -0.25) is 0 Å². The van der Waals surface area contributed by atoms with Crippen LogP contribution in [0.2, 0.25) is 0 Å². The van der Waals surface area contributed by atoms with Gasteiger partial charge in [-0.15, -0.1) is 0 Å². The van der Waals surface area contributed by atoms with Crippen molar-refractivity contribution in [2.45, 2.75) is 50.5 Å². The first-order valence-electron chi connectivity index (χ1n) is 7.91. The smallest absolute Gasteiger partial charge is 0.147 e. The van der Waals surface area contributed by atoms with Crippen LogP contribution in [0, 0.1) is 0 Å². The van der Waals surface area contributed by atoms with Gasteiger partial charge in [-0.2, -0.15) is 0 Å². The molecule has 1 aromatic carbocycles. The summed E-state index contributed by atoms with van der Waals surface area (Å²) in [7, 11) is 0. The molecule has 0 radical (unpaired) electrons. The molecule has 0 spiro atoms. The molecule has 0 saturated heterocycles. The van der Waals surface area contributed by atoms with Gasteiger partial charge in [-0.25, -0.2) is 4.98 Å². The third kappa shape index (κ3) is 3.23. The Morgan fingerprint density at radius 3 is 2.38 bits per heavy atom. The molecule has 0 aliphatic heterocycles. The van der Waals surface area contributed by atoms with E-state index in [4.69, 9.17) is 0 Å². The van der Waals surface area contributed by atoms with Crippen molar-refractivity contribution >= 4 is 6.29 Å². The van der Waals surface area contributed by atoms with Gasteiger partial charge in [0.1, 0.15) is 12.3 Å². The van der Waals surface area contributed by atoms with E-state index in [0.717, 1.165) is 11.8 Å². The quantitative estimate of drug-likeness (QED) is 0.625. The van der Waals surface area contributed by atoms with Crippen molar-refractivity contribution in [1.82, 2.24) is 9.55 Å². The van der Waals surface area contributed by atoms with E-state index in [2.05, 4.69) is 29.2 Å². The first-order valence-corrected chi connectivity index (χ1v) is 7.91. The van der Waals surface area contributed by atoms with Crippen LogP contribution in [0.1, 0.15) is 61.6 Å². The molecule has 1 aliphatic rings. The molecule has 3 nitrogen and oxygen atoms in total. The average molecular weight is 282 g/mol. The summed E-state index contributed by atoms with van der Waals surface area (Å²) >= 11 is 0. The summed E-state index contributed by atoms with van der Waals surface area (Å²) in [4.78, 5) is 15.4. The van der Waals surface area contributed by atoms with Crippen LogP contribution >= 0.6 is 0 Å². The second kappa shape index (κ2) is 6.70. The number of benzene rings is 1. The van der Waals surface area contributed by atoms with Gasteiger partial charge in [-0.05, 0) is 29.9 Å². The Morgan fingerprint density at radius 2 is 1.81 bits per heavy atom. The lowest BCUT2D eigenvalue weighted by Crippen LogP contribution is -2.10. The first kappa shape index (κ1) is 14.1. The van der Waals surface area contributed by atoms with Crippen molar-refractivity contribution in [3.8, 4) is 0 Å². The molecule has 3 rings (SSSR count). The fourth-order valence-corrected chi connectivity index (χ4v) is 3.33. The lowest BCUT2D eigenvalue weighted by atomic mass is 9.90. The summed E-state index contributed by atoms with van der Waals surface area (Å²) in [6.45, 7) is 0. The summed E-state index contributed by atoms with van der Waals surface area (Å²) < 4.78 is 1.84. The zero-order valence-electron chi connectivity index (χ0n) is 12.3. The minimum atomic E-state index is -0.268. The normalized spacial score (nSPS) is 18.1. The van der Waals surface area contributed by atoms with Crippen molar-refractivity contribution in [1.29, 1.82) is 0 Å². The fourth-order valence-electron chi connectivity index (χ4n) is 3.33. The molecule has 1 aromatic heterocycles. The Kier molecular flexibility index (Phi) is 4.49. The molecule has 21 heavy (non-hydrogen) atoms. The molecule has 3 heteroatoms. The highest BCUT2D eigenvalue weighted by atomic mass is 16.1. The standard InChI is InChI=1S/C18H22N2O/c21-13-18(20-12-11-19-14-20)17-9-7-16(8-10-17)15-5-3-1-2-4-6-15/h7-15,18H,1-6H2. The lowest BCUT2D eigenvalue weighted by molar-refractivity contribution is -0.109. The number of hydrogen-bond acceptors (Lipinski definition) is 2. The minimum Gasteiger partial charge on any atom is -0.323 e. The van der Waals surface area contributed by atoms with E-state index in [0.29, 0.717) is 5.92 Å². The molecule has 0 amide bonds. The van der Waals surface area contributed by atoms with Gasteiger partial charge in [0.05, 0.1) is 6.33 Å². The molecule has 110 valence electrons. The summed E-state index contributed by atoms with van der Waals surface area (Å²) in [5, 5.41) is 0. The van der Waals surface area contributed by atoms with E-state index in [1.807, 2.05) is 10.8 Å². The highest BCUT2D eigenvalue weighted by Gasteiger charge is 2.16.